The molecule has 0 radical (unpaired) electrons. The predicted molar refractivity (Wildman–Crippen MR) is 82.1 cm³/mol. The zero-order valence-corrected chi connectivity index (χ0v) is 12.4. The molecule has 0 unspecified atom stereocenters. The number of hydrogen-bond acceptors (Lipinski definition) is 1. The maximum absolute atomic E-state index is 3.26. The summed E-state index contributed by atoms with van der Waals surface area (Å²) in [6.45, 7) is 8.61. The van der Waals surface area contributed by atoms with Crippen LogP contribution in [0.4, 0.5) is 0 Å². The van der Waals surface area contributed by atoms with Crippen molar-refractivity contribution in [1.29, 1.82) is 0 Å². The van der Waals surface area contributed by atoms with Crippen molar-refractivity contribution in [3.05, 3.63) is 51.1 Å². The second-order valence-electron chi connectivity index (χ2n) is 4.74. The minimum absolute atomic E-state index is 1.17. The summed E-state index contributed by atoms with van der Waals surface area (Å²) >= 11 is 1.83. The first-order chi connectivity index (χ1) is 8.63. The molecule has 0 aliphatic heterocycles. The molecular formula is C17H20S. The number of benzene rings is 1. The molecule has 1 aliphatic carbocycles. The lowest BCUT2D eigenvalue weighted by atomic mass is 9.90. The fourth-order valence-corrected chi connectivity index (χ4v) is 3.48. The average molecular weight is 256 g/mol. The van der Waals surface area contributed by atoms with Gasteiger partial charge in [0.2, 0.25) is 0 Å². The molecule has 0 bridgehead atoms. The normalized spacial score (nSPS) is 12.9. The van der Waals surface area contributed by atoms with Crippen LogP contribution in [-0.4, -0.2) is 0 Å². The van der Waals surface area contributed by atoms with E-state index in [1.54, 1.807) is 0 Å². The zero-order valence-electron chi connectivity index (χ0n) is 11.6. The average Bonchev–Trinajstić information content (AvgIpc) is 2.36. The van der Waals surface area contributed by atoms with E-state index in [0.717, 1.165) is 0 Å². The minimum atomic E-state index is 1.17. The highest BCUT2D eigenvalue weighted by Crippen LogP contribution is 2.35. The van der Waals surface area contributed by atoms with Crippen molar-refractivity contribution in [2.45, 2.75) is 45.4 Å². The quantitative estimate of drug-likeness (QED) is 0.502. The van der Waals surface area contributed by atoms with Crippen LogP contribution in [-0.2, 0) is 6.42 Å². The Labute approximate surface area is 114 Å². The van der Waals surface area contributed by atoms with Gasteiger partial charge in [-0.15, -0.1) is 5.73 Å². The van der Waals surface area contributed by atoms with Gasteiger partial charge in [0.15, 0.2) is 0 Å². The molecule has 1 aromatic carbocycles. The van der Waals surface area contributed by atoms with Crippen LogP contribution < -0.4 is 0 Å². The largest absolute Gasteiger partial charge is 0.115 e. The first-order valence-electron chi connectivity index (χ1n) is 6.49. The smallest absolute Gasteiger partial charge is 0.0281 e. The van der Waals surface area contributed by atoms with Gasteiger partial charge in [-0.25, -0.2) is 0 Å². The molecule has 0 fully saturated rings. The molecule has 0 atom stereocenters. The van der Waals surface area contributed by atoms with E-state index in [4.69, 9.17) is 0 Å². The summed E-state index contributed by atoms with van der Waals surface area (Å²) in [5, 5.41) is 0. The number of thioether (sulfide) groups is 1. The highest BCUT2D eigenvalue weighted by atomic mass is 32.2. The molecule has 94 valence electrons. The van der Waals surface area contributed by atoms with Crippen molar-refractivity contribution in [2.24, 2.45) is 0 Å². The van der Waals surface area contributed by atoms with E-state index < -0.39 is 0 Å². The van der Waals surface area contributed by atoms with E-state index in [2.05, 4.69) is 44.7 Å². The van der Waals surface area contributed by atoms with Gasteiger partial charge >= 0.3 is 0 Å². The van der Waals surface area contributed by atoms with Gasteiger partial charge in [-0.3, -0.25) is 0 Å². The van der Waals surface area contributed by atoms with E-state index in [9.17, 15) is 0 Å². The summed E-state index contributed by atoms with van der Waals surface area (Å²) in [7, 11) is 0. The molecule has 0 aromatic heterocycles. The third kappa shape index (κ3) is 2.63. The summed E-state index contributed by atoms with van der Waals surface area (Å²) in [6, 6.07) is 2.31. The molecule has 1 heteroatoms. The van der Waals surface area contributed by atoms with Crippen LogP contribution in [0, 0.1) is 13.8 Å². The molecule has 0 N–H and O–H groups in total. The van der Waals surface area contributed by atoms with Crippen molar-refractivity contribution < 1.29 is 0 Å². The molecule has 0 saturated heterocycles. The van der Waals surface area contributed by atoms with Crippen LogP contribution in [0.3, 0.4) is 0 Å². The molecule has 1 aliphatic rings. The standard InChI is InChI=1S/C17H20S/c1-5-8-13(3)18-17-11-12(2)15-9-6-7-10-16(15)14(17)4/h5-6,9,11H,7,10H2,1-4H3. The van der Waals surface area contributed by atoms with Crippen molar-refractivity contribution in [3.8, 4) is 0 Å². The zero-order chi connectivity index (χ0) is 13.1. The maximum Gasteiger partial charge on any atom is 0.0281 e. The Bertz CT molecular complexity index is 555. The second kappa shape index (κ2) is 5.65. The van der Waals surface area contributed by atoms with Crippen LogP contribution in [0.2, 0.25) is 0 Å². The SMILES string of the molecule is CC=C=C(C)Sc1cc(C)c2c(c1C)CCC=C2. The number of aryl methyl sites for hydroxylation is 1. The van der Waals surface area contributed by atoms with Gasteiger partial charge in [-0.2, -0.15) is 0 Å². The van der Waals surface area contributed by atoms with Crippen LogP contribution in [0.5, 0.6) is 0 Å². The Hall–Kier alpha value is -1.17. The minimum Gasteiger partial charge on any atom is -0.115 e. The van der Waals surface area contributed by atoms with Gasteiger partial charge in [0.05, 0.1) is 0 Å². The highest BCUT2D eigenvalue weighted by molar-refractivity contribution is 8.03. The Morgan fingerprint density at radius 1 is 1.39 bits per heavy atom. The number of rotatable bonds is 2. The topological polar surface area (TPSA) is 0 Å². The third-order valence-corrected chi connectivity index (χ3v) is 4.44. The summed E-state index contributed by atoms with van der Waals surface area (Å²) in [4.78, 5) is 2.61. The van der Waals surface area contributed by atoms with Crippen LogP contribution in [0.1, 0.15) is 42.5 Å². The van der Waals surface area contributed by atoms with Crippen molar-refractivity contribution in [1.82, 2.24) is 0 Å². The van der Waals surface area contributed by atoms with E-state index in [1.807, 2.05) is 24.8 Å². The number of allylic oxidation sites excluding steroid dienone is 2. The first kappa shape index (κ1) is 13.3. The molecule has 0 saturated carbocycles. The fraction of sp³-hybridized carbons (Fsp3) is 0.353. The molecule has 0 nitrogen and oxygen atoms in total. The van der Waals surface area contributed by atoms with E-state index in [-0.39, 0.29) is 0 Å². The Kier molecular flexibility index (Phi) is 4.16. The lowest BCUT2D eigenvalue weighted by Crippen LogP contribution is -2.01. The number of fused-ring (bicyclic) bond motifs is 1. The van der Waals surface area contributed by atoms with E-state index in [1.165, 1.54) is 44.9 Å². The molecule has 0 heterocycles. The Balaban J connectivity index is 2.48. The van der Waals surface area contributed by atoms with Gasteiger partial charge in [0.1, 0.15) is 0 Å². The van der Waals surface area contributed by atoms with Gasteiger partial charge in [0, 0.05) is 9.80 Å². The van der Waals surface area contributed by atoms with Crippen LogP contribution in [0.15, 0.2) is 33.8 Å². The van der Waals surface area contributed by atoms with Crippen molar-refractivity contribution >= 4 is 17.8 Å². The van der Waals surface area contributed by atoms with Gasteiger partial charge in [-0.1, -0.05) is 23.9 Å². The van der Waals surface area contributed by atoms with Crippen LogP contribution in [0.25, 0.3) is 6.08 Å². The molecule has 2 rings (SSSR count). The van der Waals surface area contributed by atoms with Crippen LogP contribution >= 0.6 is 11.8 Å². The maximum atomic E-state index is 3.26. The second-order valence-corrected chi connectivity index (χ2v) is 6.00. The summed E-state index contributed by atoms with van der Waals surface area (Å²) < 4.78 is 0. The molecule has 0 amide bonds. The van der Waals surface area contributed by atoms with Gasteiger partial charge < -0.3 is 0 Å². The van der Waals surface area contributed by atoms with Crippen molar-refractivity contribution in [3.63, 3.8) is 0 Å². The predicted octanol–water partition coefficient (Wildman–Crippen LogP) is 5.43. The monoisotopic (exact) mass is 256 g/mol. The molecular weight excluding hydrogens is 236 g/mol. The van der Waals surface area contributed by atoms with E-state index in [0.29, 0.717) is 0 Å². The Morgan fingerprint density at radius 2 is 2.17 bits per heavy atom. The molecule has 1 aromatic rings. The number of hydrogen-bond donors (Lipinski definition) is 0. The first-order valence-corrected chi connectivity index (χ1v) is 7.30. The lowest BCUT2D eigenvalue weighted by molar-refractivity contribution is 0.952. The molecule has 18 heavy (non-hydrogen) atoms. The highest BCUT2D eigenvalue weighted by Gasteiger charge is 2.14. The van der Waals surface area contributed by atoms with E-state index >= 15 is 0 Å². The third-order valence-electron chi connectivity index (χ3n) is 3.38. The summed E-state index contributed by atoms with van der Waals surface area (Å²) in [5.41, 5.74) is 9.07. The lowest BCUT2D eigenvalue weighted by Gasteiger charge is -2.19. The molecule has 0 spiro atoms. The summed E-state index contributed by atoms with van der Waals surface area (Å²) in [5.74, 6) is 0. The fourth-order valence-electron chi connectivity index (χ4n) is 2.46. The Morgan fingerprint density at radius 3 is 2.89 bits per heavy atom. The summed E-state index contributed by atoms with van der Waals surface area (Å²) in [6.07, 6.45) is 8.90. The van der Waals surface area contributed by atoms with Crippen molar-refractivity contribution in [2.75, 3.05) is 0 Å². The van der Waals surface area contributed by atoms with Gasteiger partial charge in [0.25, 0.3) is 0 Å². The van der Waals surface area contributed by atoms with Gasteiger partial charge in [-0.05, 0) is 74.9 Å².